The van der Waals surface area contributed by atoms with E-state index in [0.717, 1.165) is 24.0 Å². The lowest BCUT2D eigenvalue weighted by Gasteiger charge is -2.29. The highest BCUT2D eigenvalue weighted by molar-refractivity contribution is 5.83. The number of hydrogen-bond donors (Lipinski definition) is 1. The lowest BCUT2D eigenvalue weighted by atomic mass is 9.98. The van der Waals surface area contributed by atoms with Crippen molar-refractivity contribution < 1.29 is 27.9 Å². The third-order valence-corrected chi connectivity index (χ3v) is 2.98. The Morgan fingerprint density at radius 2 is 1.86 bits per heavy atom. The number of carboxylic acid groups (broad SMARTS) is 1. The smallest absolute Gasteiger partial charge is 0.416 e. The highest BCUT2D eigenvalue weighted by atomic mass is 19.4. The Morgan fingerprint density at radius 3 is 2.29 bits per heavy atom. The summed E-state index contributed by atoms with van der Waals surface area (Å²) in [6.07, 6.45) is -4.24. The molecule has 0 spiro atoms. The molecular formula is C14H16F3NO3. The van der Waals surface area contributed by atoms with E-state index in [-0.39, 0.29) is 6.54 Å². The molecule has 0 saturated heterocycles. The number of carbonyl (C=O) groups is 2. The molecule has 116 valence electrons. The van der Waals surface area contributed by atoms with Gasteiger partial charge in [0, 0.05) is 13.5 Å². The van der Waals surface area contributed by atoms with Crippen LogP contribution >= 0.6 is 0 Å². The summed E-state index contributed by atoms with van der Waals surface area (Å²) in [6.45, 7) is 2.92. The zero-order chi connectivity index (χ0) is 16.2. The number of nitrogens with zero attached hydrogens (tertiary/aromatic N) is 1. The van der Waals surface area contributed by atoms with Crippen molar-refractivity contribution in [3.63, 3.8) is 0 Å². The lowest BCUT2D eigenvalue weighted by molar-refractivity contribution is -0.151. The molecule has 0 radical (unpaired) electrons. The number of aliphatic carboxylic acids is 1. The van der Waals surface area contributed by atoms with Gasteiger partial charge in [0.05, 0.1) is 5.56 Å². The summed E-state index contributed by atoms with van der Waals surface area (Å²) in [5, 5.41) is 9.30. The third-order valence-electron chi connectivity index (χ3n) is 2.98. The van der Waals surface area contributed by atoms with Gasteiger partial charge in [0.1, 0.15) is 0 Å². The molecule has 1 amide bonds. The van der Waals surface area contributed by atoms with Crippen LogP contribution in [0.2, 0.25) is 0 Å². The largest absolute Gasteiger partial charge is 0.479 e. The molecule has 0 saturated carbocycles. The standard InChI is InChI=1S/C14H16F3NO3/c1-3-8-18(9(2)19)12(13(20)21)10-6-4-5-7-11(10)14(15,16)17/h4-7,12H,3,8H2,1-2H3,(H,20,21). The Hall–Kier alpha value is -2.05. The minimum absolute atomic E-state index is 0.0679. The summed E-state index contributed by atoms with van der Waals surface area (Å²) in [5.41, 5.74) is -1.47. The van der Waals surface area contributed by atoms with Gasteiger partial charge in [-0.05, 0) is 18.1 Å². The molecule has 1 N–H and O–H groups in total. The molecule has 0 heterocycles. The van der Waals surface area contributed by atoms with Crippen LogP contribution in [-0.2, 0) is 15.8 Å². The summed E-state index contributed by atoms with van der Waals surface area (Å²) in [4.78, 5) is 24.0. The number of benzene rings is 1. The van der Waals surface area contributed by atoms with Crippen LogP contribution in [0.3, 0.4) is 0 Å². The number of carbonyl (C=O) groups excluding carboxylic acids is 1. The van der Waals surface area contributed by atoms with E-state index in [1.54, 1.807) is 6.92 Å². The Balaban J connectivity index is 3.42. The normalized spacial score (nSPS) is 12.8. The maximum absolute atomic E-state index is 13.0. The lowest BCUT2D eigenvalue weighted by Crippen LogP contribution is -2.39. The predicted molar refractivity (Wildman–Crippen MR) is 69.5 cm³/mol. The van der Waals surface area contributed by atoms with E-state index in [4.69, 9.17) is 0 Å². The van der Waals surface area contributed by atoms with Crippen LogP contribution in [0.1, 0.15) is 37.4 Å². The van der Waals surface area contributed by atoms with E-state index in [1.165, 1.54) is 12.1 Å². The summed E-state index contributed by atoms with van der Waals surface area (Å²) >= 11 is 0. The molecule has 0 aliphatic rings. The number of rotatable bonds is 5. The van der Waals surface area contributed by atoms with E-state index in [0.29, 0.717) is 6.42 Å². The zero-order valence-corrected chi connectivity index (χ0v) is 11.6. The Morgan fingerprint density at radius 1 is 1.29 bits per heavy atom. The van der Waals surface area contributed by atoms with Gasteiger partial charge in [0.15, 0.2) is 6.04 Å². The molecule has 21 heavy (non-hydrogen) atoms. The molecule has 1 aromatic rings. The Kier molecular flexibility index (Phi) is 5.34. The second kappa shape index (κ2) is 6.60. The van der Waals surface area contributed by atoms with Crippen molar-refractivity contribution >= 4 is 11.9 Å². The maximum atomic E-state index is 13.0. The molecule has 0 aliphatic heterocycles. The van der Waals surface area contributed by atoms with E-state index < -0.39 is 35.2 Å². The summed E-state index contributed by atoms with van der Waals surface area (Å²) < 4.78 is 39.1. The fraction of sp³-hybridized carbons (Fsp3) is 0.429. The van der Waals surface area contributed by atoms with Crippen LogP contribution in [0.25, 0.3) is 0 Å². The zero-order valence-electron chi connectivity index (χ0n) is 11.6. The van der Waals surface area contributed by atoms with Gasteiger partial charge in [-0.2, -0.15) is 13.2 Å². The van der Waals surface area contributed by atoms with Gasteiger partial charge in [0.2, 0.25) is 5.91 Å². The molecule has 0 aromatic heterocycles. The first kappa shape index (κ1) is 17.0. The highest BCUT2D eigenvalue weighted by Crippen LogP contribution is 2.36. The maximum Gasteiger partial charge on any atom is 0.416 e. The van der Waals surface area contributed by atoms with Crippen LogP contribution in [0.5, 0.6) is 0 Å². The van der Waals surface area contributed by atoms with Crippen molar-refractivity contribution in [3.05, 3.63) is 35.4 Å². The molecular weight excluding hydrogens is 287 g/mol. The van der Waals surface area contributed by atoms with Crippen molar-refractivity contribution in [3.8, 4) is 0 Å². The average Bonchev–Trinajstić information content (AvgIpc) is 2.37. The van der Waals surface area contributed by atoms with Crippen LogP contribution in [0.4, 0.5) is 13.2 Å². The summed E-state index contributed by atoms with van der Waals surface area (Å²) in [6, 6.07) is 2.76. The fourth-order valence-corrected chi connectivity index (χ4v) is 2.14. The molecule has 0 aliphatic carbocycles. The quantitative estimate of drug-likeness (QED) is 0.909. The highest BCUT2D eigenvalue weighted by Gasteiger charge is 2.39. The molecule has 1 aromatic carbocycles. The first-order valence-corrected chi connectivity index (χ1v) is 6.36. The van der Waals surface area contributed by atoms with E-state index >= 15 is 0 Å². The van der Waals surface area contributed by atoms with Crippen LogP contribution < -0.4 is 0 Å². The third kappa shape index (κ3) is 3.96. The Labute approximate surface area is 120 Å². The van der Waals surface area contributed by atoms with Crippen LogP contribution in [-0.4, -0.2) is 28.4 Å². The SMILES string of the molecule is CCCN(C(C)=O)C(C(=O)O)c1ccccc1C(F)(F)F. The van der Waals surface area contributed by atoms with E-state index in [1.807, 2.05) is 0 Å². The number of hydrogen-bond acceptors (Lipinski definition) is 2. The minimum Gasteiger partial charge on any atom is -0.479 e. The molecule has 4 nitrogen and oxygen atoms in total. The van der Waals surface area contributed by atoms with Crippen LogP contribution in [0.15, 0.2) is 24.3 Å². The average molecular weight is 303 g/mol. The second-order valence-corrected chi connectivity index (χ2v) is 4.54. The molecule has 1 atom stereocenters. The number of amides is 1. The van der Waals surface area contributed by atoms with Crippen molar-refractivity contribution in [2.45, 2.75) is 32.5 Å². The van der Waals surface area contributed by atoms with Gasteiger partial charge in [-0.15, -0.1) is 0 Å². The first-order chi connectivity index (χ1) is 9.70. The number of carboxylic acids is 1. The van der Waals surface area contributed by atoms with Crippen molar-refractivity contribution in [1.29, 1.82) is 0 Å². The summed E-state index contributed by atoms with van der Waals surface area (Å²) in [7, 11) is 0. The molecule has 7 heteroatoms. The van der Waals surface area contributed by atoms with Crippen LogP contribution in [0, 0.1) is 0 Å². The van der Waals surface area contributed by atoms with Gasteiger partial charge < -0.3 is 10.0 Å². The minimum atomic E-state index is -4.68. The van der Waals surface area contributed by atoms with Crippen molar-refractivity contribution in [1.82, 2.24) is 4.90 Å². The monoisotopic (exact) mass is 303 g/mol. The van der Waals surface area contributed by atoms with Gasteiger partial charge in [-0.25, -0.2) is 4.79 Å². The van der Waals surface area contributed by atoms with Crippen molar-refractivity contribution in [2.75, 3.05) is 6.54 Å². The number of halogens is 3. The van der Waals surface area contributed by atoms with Gasteiger partial charge in [0.25, 0.3) is 0 Å². The van der Waals surface area contributed by atoms with E-state index in [2.05, 4.69) is 0 Å². The second-order valence-electron chi connectivity index (χ2n) is 4.54. The fourth-order valence-electron chi connectivity index (χ4n) is 2.14. The van der Waals surface area contributed by atoms with Gasteiger partial charge in [-0.3, -0.25) is 4.79 Å². The summed E-state index contributed by atoms with van der Waals surface area (Å²) in [5.74, 6) is -2.07. The van der Waals surface area contributed by atoms with E-state index in [9.17, 15) is 27.9 Å². The first-order valence-electron chi connectivity index (χ1n) is 6.36. The molecule has 0 fully saturated rings. The van der Waals surface area contributed by atoms with Crippen molar-refractivity contribution in [2.24, 2.45) is 0 Å². The Bertz CT molecular complexity index is 528. The van der Waals surface area contributed by atoms with Gasteiger partial charge >= 0.3 is 12.1 Å². The molecule has 1 unspecified atom stereocenters. The number of alkyl halides is 3. The topological polar surface area (TPSA) is 57.6 Å². The predicted octanol–water partition coefficient (Wildman–Crippen LogP) is 3.09. The van der Waals surface area contributed by atoms with Gasteiger partial charge in [-0.1, -0.05) is 25.1 Å². The molecule has 0 bridgehead atoms. The molecule has 1 rings (SSSR count).